The van der Waals surface area contributed by atoms with Crippen molar-refractivity contribution in [3.05, 3.63) is 107 Å². The van der Waals surface area contributed by atoms with Crippen LogP contribution in [0.1, 0.15) is 11.1 Å². The number of rotatable bonds is 9. The molecule has 7 heteroatoms. The molecule has 4 aromatic rings. The zero-order chi connectivity index (χ0) is 24.6. The maximum atomic E-state index is 12.5. The summed E-state index contributed by atoms with van der Waals surface area (Å²) in [5, 5.41) is 21.2. The van der Waals surface area contributed by atoms with Crippen LogP contribution < -0.4 is 0 Å². The fraction of sp³-hybridized carbons (Fsp3) is 0.143. The Morgan fingerprint density at radius 2 is 1.63 bits per heavy atom. The summed E-state index contributed by atoms with van der Waals surface area (Å²) in [6.45, 7) is 0. The summed E-state index contributed by atoms with van der Waals surface area (Å²) in [6, 6.07) is 31.5. The predicted molar refractivity (Wildman–Crippen MR) is 147 cm³/mol. The quantitative estimate of drug-likeness (QED) is 0.237. The van der Waals surface area contributed by atoms with Crippen LogP contribution in [0.3, 0.4) is 0 Å². The van der Waals surface area contributed by atoms with Gasteiger partial charge in [-0.2, -0.15) is 5.26 Å². The lowest BCUT2D eigenvalue weighted by atomic mass is 9.99. The van der Waals surface area contributed by atoms with E-state index < -0.39 is 16.9 Å². The average molecular weight is 564 g/mol. The molecule has 3 aromatic carbocycles. The Bertz CT molecular complexity index is 1340. The van der Waals surface area contributed by atoms with E-state index in [2.05, 4.69) is 22.0 Å². The molecule has 4 rings (SSSR count). The third-order valence-corrected chi connectivity index (χ3v) is 8.34. The second kappa shape index (κ2) is 12.3. The summed E-state index contributed by atoms with van der Waals surface area (Å²) in [5.41, 5.74) is 4.86. The molecule has 1 aromatic heterocycles. The molecule has 0 saturated carbocycles. The van der Waals surface area contributed by atoms with E-state index in [0.717, 1.165) is 32.4 Å². The molecular formula is C28H23BrN2O2S2. The van der Waals surface area contributed by atoms with Crippen molar-refractivity contribution in [3.8, 4) is 28.5 Å². The summed E-state index contributed by atoms with van der Waals surface area (Å²) >= 11 is 4.79. The molecule has 176 valence electrons. The van der Waals surface area contributed by atoms with E-state index in [9.17, 15) is 14.6 Å². The van der Waals surface area contributed by atoms with Crippen LogP contribution in [0.5, 0.6) is 0 Å². The van der Waals surface area contributed by atoms with Crippen molar-refractivity contribution in [2.45, 2.75) is 16.9 Å². The molecule has 0 aliphatic carbocycles. The molecule has 0 spiro atoms. The summed E-state index contributed by atoms with van der Waals surface area (Å²) < 4.78 is 13.5. The SMILES string of the molecule is N#Cc1c(-c2ccccc2)cc(-c2ccc(Br)cc2)nc1SCC(O)CS(=O)Cc1ccccc1. The number of aromatic nitrogens is 1. The molecule has 2 atom stereocenters. The highest BCUT2D eigenvalue weighted by molar-refractivity contribution is 9.10. The topological polar surface area (TPSA) is 74.0 Å². The summed E-state index contributed by atoms with van der Waals surface area (Å²) in [4.78, 5) is 4.79. The van der Waals surface area contributed by atoms with Crippen LogP contribution in [0, 0.1) is 11.3 Å². The zero-order valence-corrected chi connectivity index (χ0v) is 22.0. The van der Waals surface area contributed by atoms with Gasteiger partial charge in [-0.05, 0) is 29.3 Å². The number of hydrogen-bond donors (Lipinski definition) is 1. The van der Waals surface area contributed by atoms with Crippen molar-refractivity contribution >= 4 is 38.5 Å². The van der Waals surface area contributed by atoms with Crippen molar-refractivity contribution in [1.29, 1.82) is 5.26 Å². The van der Waals surface area contributed by atoms with Crippen molar-refractivity contribution in [2.24, 2.45) is 0 Å². The van der Waals surface area contributed by atoms with Gasteiger partial charge in [0.2, 0.25) is 0 Å². The molecule has 0 fully saturated rings. The molecule has 0 radical (unpaired) electrons. The van der Waals surface area contributed by atoms with Crippen LogP contribution in [0.15, 0.2) is 100 Å². The van der Waals surface area contributed by atoms with E-state index in [1.54, 1.807) is 0 Å². The van der Waals surface area contributed by atoms with Gasteiger partial charge < -0.3 is 5.11 Å². The number of benzene rings is 3. The Labute approximate surface area is 220 Å². The van der Waals surface area contributed by atoms with Crippen molar-refractivity contribution in [2.75, 3.05) is 11.5 Å². The van der Waals surface area contributed by atoms with Crippen LogP contribution >= 0.6 is 27.7 Å². The minimum Gasteiger partial charge on any atom is -0.391 e. The minimum atomic E-state index is -1.19. The number of aliphatic hydroxyl groups excluding tert-OH is 1. The lowest BCUT2D eigenvalue weighted by molar-refractivity contribution is 0.224. The highest BCUT2D eigenvalue weighted by Crippen LogP contribution is 2.34. The second-order valence-electron chi connectivity index (χ2n) is 7.92. The van der Waals surface area contributed by atoms with Gasteiger partial charge in [0.15, 0.2) is 0 Å². The molecule has 0 amide bonds. The van der Waals surface area contributed by atoms with Gasteiger partial charge in [-0.3, -0.25) is 4.21 Å². The summed E-state index contributed by atoms with van der Waals surface area (Å²) in [6.07, 6.45) is -0.783. The predicted octanol–water partition coefficient (Wildman–Crippen LogP) is 6.45. The molecule has 0 aliphatic heterocycles. The molecule has 4 nitrogen and oxygen atoms in total. The summed E-state index contributed by atoms with van der Waals surface area (Å²) in [7, 11) is -1.19. The van der Waals surface area contributed by atoms with Crippen molar-refractivity contribution in [1.82, 2.24) is 4.98 Å². The summed E-state index contributed by atoms with van der Waals surface area (Å²) in [5.74, 6) is 0.865. The van der Waals surface area contributed by atoms with Gasteiger partial charge in [-0.1, -0.05) is 88.7 Å². The number of halogens is 1. The minimum absolute atomic E-state index is 0.168. The average Bonchev–Trinajstić information content (AvgIpc) is 2.88. The number of nitriles is 1. The molecule has 0 saturated heterocycles. The van der Waals surface area contributed by atoms with Crippen molar-refractivity contribution in [3.63, 3.8) is 0 Å². The number of pyridine rings is 1. The van der Waals surface area contributed by atoms with Crippen LogP contribution in [-0.2, 0) is 16.6 Å². The van der Waals surface area contributed by atoms with E-state index in [1.165, 1.54) is 11.8 Å². The van der Waals surface area contributed by atoms with Gasteiger partial charge in [0.1, 0.15) is 11.1 Å². The van der Waals surface area contributed by atoms with E-state index in [0.29, 0.717) is 22.1 Å². The number of nitrogens with zero attached hydrogens (tertiary/aromatic N) is 2. The molecular weight excluding hydrogens is 540 g/mol. The lowest BCUT2D eigenvalue weighted by Crippen LogP contribution is -2.20. The zero-order valence-electron chi connectivity index (χ0n) is 18.8. The monoisotopic (exact) mass is 562 g/mol. The first-order valence-corrected chi connectivity index (χ1v) is 14.3. The first kappa shape index (κ1) is 25.3. The van der Waals surface area contributed by atoms with Gasteiger partial charge in [0.25, 0.3) is 0 Å². The maximum Gasteiger partial charge on any atom is 0.115 e. The second-order valence-corrected chi connectivity index (χ2v) is 11.3. The molecule has 0 bridgehead atoms. The Kier molecular flexibility index (Phi) is 8.89. The maximum absolute atomic E-state index is 12.5. The van der Waals surface area contributed by atoms with Gasteiger partial charge in [-0.15, -0.1) is 11.8 Å². The van der Waals surface area contributed by atoms with Crippen LogP contribution in [0.4, 0.5) is 0 Å². The van der Waals surface area contributed by atoms with Crippen LogP contribution in [0.2, 0.25) is 0 Å². The Morgan fingerprint density at radius 3 is 2.29 bits per heavy atom. The standard InChI is InChI=1S/C28H23BrN2O2S2/c29-23-13-11-22(12-14-23)27-15-25(21-9-5-2-6-10-21)26(16-30)28(31-27)34-17-24(32)19-35(33)18-20-7-3-1-4-8-20/h1-15,24,32H,17-19H2. The Hall–Kier alpha value is -2.76. The normalized spacial score (nSPS) is 12.6. The van der Waals surface area contributed by atoms with Crippen LogP contribution in [0.25, 0.3) is 22.4 Å². The van der Waals surface area contributed by atoms with E-state index in [1.807, 2.05) is 91.0 Å². The van der Waals surface area contributed by atoms with Gasteiger partial charge in [-0.25, -0.2) is 4.98 Å². The third-order valence-electron chi connectivity index (χ3n) is 5.28. The van der Waals surface area contributed by atoms with Crippen LogP contribution in [-0.4, -0.2) is 31.9 Å². The Morgan fingerprint density at radius 1 is 0.971 bits per heavy atom. The first-order valence-electron chi connectivity index (χ1n) is 11.0. The largest absolute Gasteiger partial charge is 0.391 e. The Balaban J connectivity index is 1.58. The first-order chi connectivity index (χ1) is 17.0. The van der Waals surface area contributed by atoms with E-state index >= 15 is 0 Å². The third kappa shape index (κ3) is 6.89. The lowest BCUT2D eigenvalue weighted by Gasteiger charge is -2.14. The smallest absolute Gasteiger partial charge is 0.115 e. The molecule has 0 aliphatic rings. The number of aliphatic hydroxyl groups is 1. The fourth-order valence-electron chi connectivity index (χ4n) is 3.60. The van der Waals surface area contributed by atoms with Crippen molar-refractivity contribution < 1.29 is 9.32 Å². The molecule has 1 heterocycles. The van der Waals surface area contributed by atoms with Gasteiger partial charge in [0.05, 0.1) is 23.1 Å². The van der Waals surface area contributed by atoms with E-state index in [-0.39, 0.29) is 5.75 Å². The highest BCUT2D eigenvalue weighted by Gasteiger charge is 2.18. The van der Waals surface area contributed by atoms with E-state index in [4.69, 9.17) is 4.98 Å². The van der Waals surface area contributed by atoms with Gasteiger partial charge >= 0.3 is 0 Å². The number of hydrogen-bond acceptors (Lipinski definition) is 5. The van der Waals surface area contributed by atoms with Gasteiger partial charge in [0, 0.05) is 37.9 Å². The molecule has 35 heavy (non-hydrogen) atoms. The fourth-order valence-corrected chi connectivity index (χ4v) is 6.18. The molecule has 2 unspecified atom stereocenters. The highest BCUT2D eigenvalue weighted by atomic mass is 79.9. The number of thioether (sulfide) groups is 1. The molecule has 1 N–H and O–H groups in total.